The molecule has 0 unspecified atom stereocenters. The summed E-state index contributed by atoms with van der Waals surface area (Å²) in [6.07, 6.45) is -1.21. The number of carbonyl (C=O) groups excluding carboxylic acids is 1. The van der Waals surface area contributed by atoms with Crippen LogP contribution in [0.25, 0.3) is 10.9 Å². The highest BCUT2D eigenvalue weighted by Crippen LogP contribution is 2.24. The molecule has 8 nitrogen and oxygen atoms in total. The van der Waals surface area contributed by atoms with E-state index < -0.39 is 6.09 Å². The summed E-state index contributed by atoms with van der Waals surface area (Å²) in [6.45, 7) is 0.926. The number of aromatic amines is 1. The van der Waals surface area contributed by atoms with Crippen LogP contribution in [-0.4, -0.2) is 42.4 Å². The summed E-state index contributed by atoms with van der Waals surface area (Å²) in [7, 11) is 1.60. The molecule has 0 radical (unpaired) electrons. The van der Waals surface area contributed by atoms with Crippen molar-refractivity contribution in [1.82, 2.24) is 4.98 Å². The molecule has 2 aromatic carbocycles. The molecule has 3 rings (SSSR count). The second-order valence-corrected chi connectivity index (χ2v) is 5.70. The Bertz CT molecular complexity index is 967. The highest BCUT2D eigenvalue weighted by Gasteiger charge is 2.13. The van der Waals surface area contributed by atoms with Crippen molar-refractivity contribution in [2.75, 3.05) is 31.0 Å². The molecule has 0 aliphatic heterocycles. The number of nitrogens with one attached hydrogen (secondary N) is 3. The number of para-hydroxylation sites is 2. The summed E-state index contributed by atoms with van der Waals surface area (Å²) < 4.78 is 10.5. The first-order valence-corrected chi connectivity index (χ1v) is 8.21. The molecule has 0 fully saturated rings. The molecule has 140 valence electrons. The van der Waals surface area contributed by atoms with E-state index in [0.29, 0.717) is 36.0 Å². The average molecular weight is 369 g/mol. The predicted molar refractivity (Wildman–Crippen MR) is 102 cm³/mol. The lowest BCUT2D eigenvalue weighted by Crippen LogP contribution is -2.15. The van der Waals surface area contributed by atoms with Crippen molar-refractivity contribution < 1.29 is 24.2 Å². The molecular formula is C19H19N3O5. The lowest BCUT2D eigenvalue weighted by Gasteiger charge is -2.09. The number of hydrogen-bond donors (Lipinski definition) is 4. The van der Waals surface area contributed by atoms with Crippen LogP contribution in [0.15, 0.2) is 48.5 Å². The van der Waals surface area contributed by atoms with E-state index in [-0.39, 0.29) is 5.91 Å². The molecule has 0 saturated carbocycles. The fourth-order valence-electron chi connectivity index (χ4n) is 2.57. The third kappa shape index (κ3) is 4.56. The molecular weight excluding hydrogens is 350 g/mol. The summed E-state index contributed by atoms with van der Waals surface area (Å²) in [5.74, 6) is 0.300. The molecule has 0 bridgehead atoms. The molecule has 0 aliphatic carbocycles. The number of aromatic nitrogens is 1. The third-order valence-corrected chi connectivity index (χ3v) is 3.81. The number of anilines is 2. The topological polar surface area (TPSA) is 113 Å². The minimum Gasteiger partial charge on any atom is -0.491 e. The van der Waals surface area contributed by atoms with E-state index in [1.807, 2.05) is 18.2 Å². The average Bonchev–Trinajstić information content (AvgIpc) is 3.07. The zero-order valence-electron chi connectivity index (χ0n) is 14.6. The SMILES string of the molecule is COCCOc1ccc2[nH]c(C(=O)Nc3ccccc3NC(=O)O)cc2c1. The number of ether oxygens (including phenoxy) is 2. The Kier molecular flexibility index (Phi) is 5.58. The molecule has 4 N–H and O–H groups in total. The van der Waals surface area contributed by atoms with Gasteiger partial charge < -0.3 is 24.9 Å². The fraction of sp³-hybridized carbons (Fsp3) is 0.158. The number of fused-ring (bicyclic) bond motifs is 1. The van der Waals surface area contributed by atoms with Crippen LogP contribution in [0.5, 0.6) is 5.75 Å². The van der Waals surface area contributed by atoms with Gasteiger partial charge in [-0.2, -0.15) is 0 Å². The van der Waals surface area contributed by atoms with Crippen molar-refractivity contribution in [3.05, 3.63) is 54.2 Å². The zero-order chi connectivity index (χ0) is 19.2. The van der Waals surface area contributed by atoms with Crippen LogP contribution in [0.4, 0.5) is 16.2 Å². The normalized spacial score (nSPS) is 10.6. The van der Waals surface area contributed by atoms with Gasteiger partial charge in [-0.1, -0.05) is 12.1 Å². The van der Waals surface area contributed by atoms with Crippen molar-refractivity contribution >= 4 is 34.3 Å². The number of methoxy groups -OCH3 is 1. The van der Waals surface area contributed by atoms with Gasteiger partial charge >= 0.3 is 6.09 Å². The van der Waals surface area contributed by atoms with Crippen LogP contribution in [0.1, 0.15) is 10.5 Å². The lowest BCUT2D eigenvalue weighted by atomic mass is 10.2. The summed E-state index contributed by atoms with van der Waals surface area (Å²) in [5, 5.41) is 14.7. The third-order valence-electron chi connectivity index (χ3n) is 3.81. The van der Waals surface area contributed by atoms with Gasteiger partial charge in [0.15, 0.2) is 0 Å². The first kappa shape index (κ1) is 18.3. The standard InChI is InChI=1S/C19H19N3O5/c1-26-8-9-27-13-6-7-14-12(10-13)11-17(20-14)18(23)21-15-4-2-3-5-16(15)22-19(24)25/h2-7,10-11,20,22H,8-9H2,1H3,(H,21,23)(H,24,25). The largest absolute Gasteiger partial charge is 0.491 e. The van der Waals surface area contributed by atoms with Crippen molar-refractivity contribution in [1.29, 1.82) is 0 Å². The first-order valence-electron chi connectivity index (χ1n) is 8.21. The summed E-state index contributed by atoms with van der Waals surface area (Å²) in [4.78, 5) is 26.5. The molecule has 0 spiro atoms. The van der Waals surface area contributed by atoms with Crippen LogP contribution in [0.2, 0.25) is 0 Å². The maximum atomic E-state index is 12.6. The van der Waals surface area contributed by atoms with Crippen molar-refractivity contribution in [3.8, 4) is 5.75 Å². The van der Waals surface area contributed by atoms with Gasteiger partial charge in [-0.05, 0) is 36.4 Å². The molecule has 2 amide bonds. The summed E-state index contributed by atoms with van der Waals surface area (Å²) in [6, 6.07) is 13.7. The van der Waals surface area contributed by atoms with Gasteiger partial charge in [-0.3, -0.25) is 10.1 Å². The molecule has 27 heavy (non-hydrogen) atoms. The Morgan fingerprint density at radius 2 is 1.78 bits per heavy atom. The number of carbonyl (C=O) groups is 2. The van der Waals surface area contributed by atoms with Gasteiger partial charge in [-0.25, -0.2) is 4.79 Å². The van der Waals surface area contributed by atoms with Gasteiger partial charge in [-0.15, -0.1) is 0 Å². The number of H-pyrrole nitrogens is 1. The Balaban J connectivity index is 1.77. The minimum absolute atomic E-state index is 0.295. The smallest absolute Gasteiger partial charge is 0.409 e. The van der Waals surface area contributed by atoms with Crippen molar-refractivity contribution in [2.45, 2.75) is 0 Å². The van der Waals surface area contributed by atoms with Crippen molar-refractivity contribution in [3.63, 3.8) is 0 Å². The summed E-state index contributed by atoms with van der Waals surface area (Å²) >= 11 is 0. The molecule has 0 saturated heterocycles. The maximum absolute atomic E-state index is 12.6. The first-order chi connectivity index (χ1) is 13.1. The van der Waals surface area contributed by atoms with Crippen LogP contribution < -0.4 is 15.4 Å². The Morgan fingerprint density at radius 1 is 1.04 bits per heavy atom. The second-order valence-electron chi connectivity index (χ2n) is 5.70. The Hall–Kier alpha value is -3.52. The van der Waals surface area contributed by atoms with Crippen LogP contribution >= 0.6 is 0 Å². The molecule has 1 aromatic heterocycles. The fourth-order valence-corrected chi connectivity index (χ4v) is 2.57. The van der Waals surface area contributed by atoms with E-state index in [0.717, 1.165) is 10.9 Å². The van der Waals surface area contributed by atoms with Crippen LogP contribution in [0, 0.1) is 0 Å². The van der Waals surface area contributed by atoms with Crippen LogP contribution in [-0.2, 0) is 4.74 Å². The quantitative estimate of drug-likeness (QED) is 0.476. The van der Waals surface area contributed by atoms with Gasteiger partial charge in [0.1, 0.15) is 18.1 Å². The zero-order valence-corrected chi connectivity index (χ0v) is 14.6. The monoisotopic (exact) mass is 369 g/mol. The Morgan fingerprint density at radius 3 is 2.48 bits per heavy atom. The van der Waals surface area contributed by atoms with Crippen LogP contribution in [0.3, 0.4) is 0 Å². The molecule has 0 atom stereocenters. The molecule has 8 heteroatoms. The van der Waals surface area contributed by atoms with E-state index in [1.54, 1.807) is 37.4 Å². The van der Waals surface area contributed by atoms with E-state index in [2.05, 4.69) is 15.6 Å². The van der Waals surface area contributed by atoms with E-state index in [4.69, 9.17) is 14.6 Å². The number of benzene rings is 2. The molecule has 0 aliphatic rings. The Labute approximate surface area is 155 Å². The highest BCUT2D eigenvalue weighted by atomic mass is 16.5. The van der Waals surface area contributed by atoms with Crippen molar-refractivity contribution in [2.24, 2.45) is 0 Å². The molecule has 3 aromatic rings. The highest BCUT2D eigenvalue weighted by molar-refractivity contribution is 6.08. The number of rotatable bonds is 7. The van der Waals surface area contributed by atoms with Gasteiger partial charge in [0.05, 0.1) is 18.0 Å². The number of hydrogen-bond acceptors (Lipinski definition) is 4. The van der Waals surface area contributed by atoms with Gasteiger partial charge in [0, 0.05) is 18.0 Å². The summed E-state index contributed by atoms with van der Waals surface area (Å²) in [5.41, 5.74) is 1.80. The number of amides is 2. The van der Waals surface area contributed by atoms with E-state index >= 15 is 0 Å². The maximum Gasteiger partial charge on any atom is 0.409 e. The molecule has 1 heterocycles. The predicted octanol–water partition coefficient (Wildman–Crippen LogP) is 3.54. The number of carboxylic acid groups (broad SMARTS) is 1. The van der Waals surface area contributed by atoms with E-state index in [9.17, 15) is 9.59 Å². The second kappa shape index (κ2) is 8.24. The minimum atomic E-state index is -1.21. The lowest BCUT2D eigenvalue weighted by molar-refractivity contribution is 0.102. The van der Waals surface area contributed by atoms with Gasteiger partial charge in [0.2, 0.25) is 0 Å². The van der Waals surface area contributed by atoms with E-state index in [1.165, 1.54) is 0 Å². The van der Waals surface area contributed by atoms with Gasteiger partial charge in [0.25, 0.3) is 5.91 Å².